The molecule has 0 aromatic heterocycles. The van der Waals surface area contributed by atoms with Crippen molar-refractivity contribution in [3.05, 3.63) is 60.2 Å². The molecule has 0 atom stereocenters. The van der Waals surface area contributed by atoms with Crippen molar-refractivity contribution in [2.75, 3.05) is 11.0 Å². The van der Waals surface area contributed by atoms with Gasteiger partial charge in [-0.2, -0.15) is 0 Å². The van der Waals surface area contributed by atoms with Crippen LogP contribution in [0.15, 0.2) is 54.6 Å². The Morgan fingerprint density at radius 1 is 0.857 bits per heavy atom. The zero-order chi connectivity index (χ0) is 14.9. The molecule has 0 heterocycles. The Hall–Kier alpha value is -1.36. The van der Waals surface area contributed by atoms with Crippen LogP contribution in [-0.4, -0.2) is 17.0 Å². The quantitative estimate of drug-likeness (QED) is 0.282. The van der Waals surface area contributed by atoms with Crippen molar-refractivity contribution in [1.82, 2.24) is 0 Å². The second-order valence-corrected chi connectivity index (χ2v) is 5.91. The number of unbranched alkanes of at least 4 members (excludes halogenated alkanes) is 2. The molecule has 0 N–H and O–H groups in total. The summed E-state index contributed by atoms with van der Waals surface area (Å²) in [5.74, 6) is -0.232. The fourth-order valence-corrected chi connectivity index (χ4v) is 2.59. The molecule has 0 radical (unpaired) electrons. The predicted octanol–water partition coefficient (Wildman–Crippen LogP) is 5.12. The second kappa shape index (κ2) is 8.82. The van der Waals surface area contributed by atoms with Crippen LogP contribution in [0.2, 0.25) is 0 Å². The van der Waals surface area contributed by atoms with Gasteiger partial charge in [0.15, 0.2) is 0 Å². The van der Waals surface area contributed by atoms with Gasteiger partial charge in [0.25, 0.3) is 0 Å². The number of ether oxygens (including phenoxy) is 1. The van der Waals surface area contributed by atoms with Gasteiger partial charge in [0.2, 0.25) is 0 Å². The maximum Gasteiger partial charge on any atom is 0.338 e. The van der Waals surface area contributed by atoms with Crippen molar-refractivity contribution in [1.29, 1.82) is 0 Å². The van der Waals surface area contributed by atoms with E-state index < -0.39 is 0 Å². The number of carbonyl (C=O) groups is 1. The molecule has 0 saturated heterocycles. The van der Waals surface area contributed by atoms with Crippen LogP contribution in [0.1, 0.15) is 29.6 Å². The molecule has 0 aliphatic heterocycles. The number of hydrogen-bond acceptors (Lipinski definition) is 2. The molecule has 0 aliphatic rings. The van der Waals surface area contributed by atoms with E-state index in [1.54, 1.807) is 0 Å². The molecule has 3 heteroatoms. The molecule has 0 aliphatic carbocycles. The first kappa shape index (κ1) is 16.0. The summed E-state index contributed by atoms with van der Waals surface area (Å²) < 4.78 is 6.44. The lowest BCUT2D eigenvalue weighted by atomic mass is 10.0. The zero-order valence-electron chi connectivity index (χ0n) is 11.9. The maximum absolute atomic E-state index is 11.9. The average Bonchev–Trinajstić information content (AvgIpc) is 2.55. The molecule has 2 nitrogen and oxygen atoms in total. The summed E-state index contributed by atoms with van der Waals surface area (Å²) in [5.41, 5.74) is 2.87. The highest BCUT2D eigenvalue weighted by molar-refractivity contribution is 14.1. The average molecular weight is 394 g/mol. The van der Waals surface area contributed by atoms with Gasteiger partial charge in [-0.3, -0.25) is 0 Å². The molecule has 0 amide bonds. The first-order valence-electron chi connectivity index (χ1n) is 7.20. The number of rotatable bonds is 7. The number of esters is 1. The standard InChI is InChI=1S/C18H19IO2/c19-13-5-2-6-14-21-18(20)17-11-9-16(10-12-17)15-7-3-1-4-8-15/h1,3-4,7-12H,2,5-6,13-14H2. The van der Waals surface area contributed by atoms with Crippen LogP contribution in [0.3, 0.4) is 0 Å². The van der Waals surface area contributed by atoms with Crippen LogP contribution >= 0.6 is 22.6 Å². The summed E-state index contributed by atoms with van der Waals surface area (Å²) in [6, 6.07) is 17.7. The Bertz CT molecular complexity index is 549. The van der Waals surface area contributed by atoms with Crippen molar-refractivity contribution in [2.24, 2.45) is 0 Å². The summed E-state index contributed by atoms with van der Waals surface area (Å²) in [5, 5.41) is 0. The lowest BCUT2D eigenvalue weighted by Gasteiger charge is -2.06. The summed E-state index contributed by atoms with van der Waals surface area (Å²) >= 11 is 2.36. The van der Waals surface area contributed by atoms with E-state index in [1.165, 1.54) is 6.42 Å². The number of benzene rings is 2. The minimum Gasteiger partial charge on any atom is -0.462 e. The van der Waals surface area contributed by atoms with E-state index >= 15 is 0 Å². The first-order valence-corrected chi connectivity index (χ1v) is 8.72. The molecule has 21 heavy (non-hydrogen) atoms. The van der Waals surface area contributed by atoms with Crippen LogP contribution in [-0.2, 0) is 4.74 Å². The van der Waals surface area contributed by atoms with E-state index in [-0.39, 0.29) is 5.97 Å². The molecule has 2 aromatic rings. The first-order chi connectivity index (χ1) is 10.3. The van der Waals surface area contributed by atoms with Crippen LogP contribution in [0.25, 0.3) is 11.1 Å². The zero-order valence-corrected chi connectivity index (χ0v) is 14.1. The number of alkyl halides is 1. The topological polar surface area (TPSA) is 26.3 Å². The molecule has 0 fully saturated rings. The largest absolute Gasteiger partial charge is 0.462 e. The third-order valence-electron chi connectivity index (χ3n) is 3.24. The Labute approximate surface area is 139 Å². The smallest absolute Gasteiger partial charge is 0.338 e. The maximum atomic E-state index is 11.9. The summed E-state index contributed by atoms with van der Waals surface area (Å²) in [7, 11) is 0. The van der Waals surface area contributed by atoms with E-state index in [0.717, 1.165) is 28.4 Å². The third kappa shape index (κ3) is 5.16. The van der Waals surface area contributed by atoms with Crippen molar-refractivity contribution >= 4 is 28.6 Å². The van der Waals surface area contributed by atoms with E-state index in [4.69, 9.17) is 4.74 Å². The lowest BCUT2D eigenvalue weighted by molar-refractivity contribution is 0.0498. The van der Waals surface area contributed by atoms with E-state index in [1.807, 2.05) is 42.5 Å². The van der Waals surface area contributed by atoms with Crippen LogP contribution in [0.4, 0.5) is 0 Å². The van der Waals surface area contributed by atoms with Gasteiger partial charge in [-0.05, 0) is 46.9 Å². The molecular weight excluding hydrogens is 375 g/mol. The lowest BCUT2D eigenvalue weighted by Crippen LogP contribution is -2.06. The monoisotopic (exact) mass is 394 g/mol. The highest BCUT2D eigenvalue weighted by Crippen LogP contribution is 2.19. The highest BCUT2D eigenvalue weighted by atomic mass is 127. The van der Waals surface area contributed by atoms with Gasteiger partial charge < -0.3 is 4.74 Å². The van der Waals surface area contributed by atoms with Crippen molar-refractivity contribution in [2.45, 2.75) is 19.3 Å². The van der Waals surface area contributed by atoms with E-state index in [9.17, 15) is 4.79 Å². The fraction of sp³-hybridized carbons (Fsp3) is 0.278. The summed E-state index contributed by atoms with van der Waals surface area (Å²) in [4.78, 5) is 11.9. The van der Waals surface area contributed by atoms with Crippen molar-refractivity contribution in [3.8, 4) is 11.1 Å². The molecule has 0 spiro atoms. The molecule has 0 unspecified atom stereocenters. The van der Waals surface area contributed by atoms with Crippen molar-refractivity contribution < 1.29 is 9.53 Å². The van der Waals surface area contributed by atoms with Gasteiger partial charge in [-0.15, -0.1) is 0 Å². The van der Waals surface area contributed by atoms with Crippen LogP contribution < -0.4 is 0 Å². The molecule has 110 valence electrons. The Balaban J connectivity index is 1.88. The van der Waals surface area contributed by atoms with Gasteiger partial charge in [-0.1, -0.05) is 65.1 Å². The fourth-order valence-electron chi connectivity index (χ4n) is 2.05. The van der Waals surface area contributed by atoms with E-state index in [0.29, 0.717) is 12.2 Å². The van der Waals surface area contributed by atoms with Crippen molar-refractivity contribution in [3.63, 3.8) is 0 Å². The van der Waals surface area contributed by atoms with Gasteiger partial charge in [0, 0.05) is 0 Å². The SMILES string of the molecule is O=C(OCCCCCI)c1ccc(-c2ccccc2)cc1. The normalized spacial score (nSPS) is 10.3. The Morgan fingerprint density at radius 3 is 2.19 bits per heavy atom. The van der Waals surface area contributed by atoms with Gasteiger partial charge in [-0.25, -0.2) is 4.79 Å². The summed E-state index contributed by atoms with van der Waals surface area (Å²) in [6.45, 7) is 0.510. The number of hydrogen-bond donors (Lipinski definition) is 0. The summed E-state index contributed by atoms with van der Waals surface area (Å²) in [6.07, 6.45) is 3.24. The Kier molecular flexibility index (Phi) is 6.73. The minimum atomic E-state index is -0.232. The Morgan fingerprint density at radius 2 is 1.52 bits per heavy atom. The van der Waals surface area contributed by atoms with Gasteiger partial charge in [0.05, 0.1) is 12.2 Å². The molecule has 2 aromatic carbocycles. The van der Waals surface area contributed by atoms with Crippen LogP contribution in [0.5, 0.6) is 0 Å². The van der Waals surface area contributed by atoms with Gasteiger partial charge in [0.1, 0.15) is 0 Å². The van der Waals surface area contributed by atoms with E-state index in [2.05, 4.69) is 34.7 Å². The molecule has 0 bridgehead atoms. The molecule has 2 rings (SSSR count). The van der Waals surface area contributed by atoms with Gasteiger partial charge >= 0.3 is 5.97 Å². The predicted molar refractivity (Wildman–Crippen MR) is 94.9 cm³/mol. The second-order valence-electron chi connectivity index (χ2n) is 4.83. The minimum absolute atomic E-state index is 0.232. The molecule has 0 saturated carbocycles. The number of halogens is 1. The third-order valence-corrected chi connectivity index (χ3v) is 4.00. The highest BCUT2D eigenvalue weighted by Gasteiger charge is 2.07. The number of carbonyl (C=O) groups excluding carboxylic acids is 1. The van der Waals surface area contributed by atoms with Crippen LogP contribution in [0, 0.1) is 0 Å². The molecular formula is C18H19IO2.